The number of halogens is 1. The van der Waals surface area contributed by atoms with E-state index in [1.807, 2.05) is 42.5 Å². The van der Waals surface area contributed by atoms with Crippen LogP contribution in [-0.4, -0.2) is 33.5 Å². The van der Waals surface area contributed by atoms with Crippen LogP contribution in [0.4, 0.5) is 4.79 Å². The highest BCUT2D eigenvalue weighted by Crippen LogP contribution is 2.45. The molecule has 122 valence electrons. The van der Waals surface area contributed by atoms with Gasteiger partial charge in [-0.25, -0.2) is 4.79 Å². The van der Waals surface area contributed by atoms with Gasteiger partial charge in [-0.3, -0.25) is 14.6 Å². The molecule has 4 nitrogen and oxygen atoms in total. The molecule has 2 fully saturated rings. The van der Waals surface area contributed by atoms with Gasteiger partial charge in [0.1, 0.15) is 11.4 Å². The number of carbonyl (C=O) groups is 2. The zero-order chi connectivity index (χ0) is 16.7. The molecule has 2 aliphatic heterocycles. The lowest BCUT2D eigenvalue weighted by atomic mass is 10.2. The summed E-state index contributed by atoms with van der Waals surface area (Å²) in [7, 11) is 0. The van der Waals surface area contributed by atoms with Gasteiger partial charge in [0.2, 0.25) is 0 Å². The maximum Gasteiger partial charge on any atom is 0.328 e. The minimum absolute atomic E-state index is 0.0946. The van der Waals surface area contributed by atoms with Crippen LogP contribution >= 0.6 is 23.4 Å². The van der Waals surface area contributed by atoms with Gasteiger partial charge in [0.25, 0.3) is 5.91 Å². The van der Waals surface area contributed by atoms with Crippen LogP contribution in [0.15, 0.2) is 54.6 Å². The molecule has 0 bridgehead atoms. The maximum absolute atomic E-state index is 12.8. The summed E-state index contributed by atoms with van der Waals surface area (Å²) in [6.07, 6.45) is 0. The van der Waals surface area contributed by atoms with Crippen LogP contribution in [-0.2, 0) is 11.3 Å². The third-order valence-corrected chi connectivity index (χ3v) is 5.92. The Morgan fingerprint density at radius 3 is 2.46 bits per heavy atom. The van der Waals surface area contributed by atoms with Gasteiger partial charge < -0.3 is 0 Å². The molecular weight excluding hydrogens is 344 g/mol. The number of urea groups is 1. The largest absolute Gasteiger partial charge is 0.328 e. The highest BCUT2D eigenvalue weighted by Gasteiger charge is 2.52. The molecule has 0 aliphatic carbocycles. The molecule has 2 aromatic carbocycles. The molecular formula is C18H15ClN2O2S. The number of imide groups is 1. The van der Waals surface area contributed by atoms with Crippen LogP contribution < -0.4 is 0 Å². The Labute approximate surface area is 149 Å². The van der Waals surface area contributed by atoms with Crippen molar-refractivity contribution in [1.82, 2.24) is 9.80 Å². The van der Waals surface area contributed by atoms with Crippen molar-refractivity contribution in [2.45, 2.75) is 18.0 Å². The highest BCUT2D eigenvalue weighted by molar-refractivity contribution is 7.99. The molecule has 3 amide bonds. The van der Waals surface area contributed by atoms with Crippen molar-refractivity contribution in [1.29, 1.82) is 0 Å². The normalized spacial score (nSPS) is 23.0. The molecule has 1 unspecified atom stereocenters. The van der Waals surface area contributed by atoms with E-state index in [2.05, 4.69) is 0 Å². The summed E-state index contributed by atoms with van der Waals surface area (Å²) in [4.78, 5) is 28.6. The Hall–Kier alpha value is -1.98. The van der Waals surface area contributed by atoms with E-state index < -0.39 is 0 Å². The number of carbonyl (C=O) groups excluding carboxylic acids is 2. The Morgan fingerprint density at radius 1 is 1.04 bits per heavy atom. The van der Waals surface area contributed by atoms with Gasteiger partial charge in [0.15, 0.2) is 0 Å². The molecule has 0 saturated carbocycles. The predicted molar refractivity (Wildman–Crippen MR) is 94.7 cm³/mol. The van der Waals surface area contributed by atoms with Gasteiger partial charge >= 0.3 is 6.03 Å². The molecule has 6 heteroatoms. The van der Waals surface area contributed by atoms with Gasteiger partial charge in [0.05, 0.1) is 6.54 Å². The summed E-state index contributed by atoms with van der Waals surface area (Å²) in [5.41, 5.74) is 1.95. The van der Waals surface area contributed by atoms with Crippen molar-refractivity contribution in [2.75, 3.05) is 5.75 Å². The first kappa shape index (κ1) is 15.5. The molecule has 2 aliphatic rings. The van der Waals surface area contributed by atoms with Crippen LogP contribution in [0.2, 0.25) is 5.02 Å². The molecule has 0 aromatic heterocycles. The first-order valence-electron chi connectivity index (χ1n) is 7.70. The SMILES string of the molecule is O=C1[C@@H]2CSC(c3ccccc3)N2C(=O)N1Cc1ccc(Cl)cc1. The van der Waals surface area contributed by atoms with Crippen molar-refractivity contribution in [2.24, 2.45) is 0 Å². The second kappa shape index (κ2) is 6.15. The van der Waals surface area contributed by atoms with Crippen LogP contribution in [0.5, 0.6) is 0 Å². The number of thioether (sulfide) groups is 1. The molecule has 0 radical (unpaired) electrons. The predicted octanol–water partition coefficient (Wildman–Crippen LogP) is 3.92. The summed E-state index contributed by atoms with van der Waals surface area (Å²) in [5.74, 6) is 0.530. The van der Waals surface area contributed by atoms with E-state index >= 15 is 0 Å². The lowest BCUT2D eigenvalue weighted by Crippen LogP contribution is -2.33. The van der Waals surface area contributed by atoms with E-state index in [1.54, 1.807) is 28.8 Å². The molecule has 4 rings (SSSR count). The van der Waals surface area contributed by atoms with E-state index in [1.165, 1.54) is 4.90 Å². The first-order valence-corrected chi connectivity index (χ1v) is 9.12. The Bertz CT molecular complexity index is 781. The summed E-state index contributed by atoms with van der Waals surface area (Å²) in [6.45, 7) is 0.286. The fourth-order valence-electron chi connectivity index (χ4n) is 3.14. The van der Waals surface area contributed by atoms with Crippen LogP contribution in [0.25, 0.3) is 0 Å². The van der Waals surface area contributed by atoms with E-state index in [0.717, 1.165) is 11.1 Å². The zero-order valence-corrected chi connectivity index (χ0v) is 14.3. The minimum atomic E-state index is -0.361. The quantitative estimate of drug-likeness (QED) is 0.781. The van der Waals surface area contributed by atoms with E-state index in [9.17, 15) is 9.59 Å². The maximum atomic E-state index is 12.8. The number of fused-ring (bicyclic) bond motifs is 1. The molecule has 2 saturated heterocycles. The van der Waals surface area contributed by atoms with Crippen molar-refractivity contribution in [3.8, 4) is 0 Å². The molecule has 2 atom stereocenters. The summed E-state index contributed by atoms with van der Waals surface area (Å²) < 4.78 is 0. The van der Waals surface area contributed by atoms with Crippen LogP contribution in [0.3, 0.4) is 0 Å². The standard InChI is InChI=1S/C18H15ClN2O2S/c19-14-8-6-12(7-9-14)10-20-16(22)15-11-24-17(21(15)18(20)23)13-4-2-1-3-5-13/h1-9,15,17H,10-11H2/t15-,17?/m0/s1. The van der Waals surface area contributed by atoms with Gasteiger partial charge in [-0.05, 0) is 23.3 Å². The van der Waals surface area contributed by atoms with E-state index in [4.69, 9.17) is 11.6 Å². The monoisotopic (exact) mass is 358 g/mol. The fourth-order valence-corrected chi connectivity index (χ4v) is 4.68. The van der Waals surface area contributed by atoms with Crippen LogP contribution in [0.1, 0.15) is 16.5 Å². The number of nitrogens with zero attached hydrogens (tertiary/aromatic N) is 2. The Balaban J connectivity index is 1.58. The average molecular weight is 359 g/mol. The third kappa shape index (κ3) is 2.58. The number of rotatable bonds is 3. The van der Waals surface area contributed by atoms with Crippen molar-refractivity contribution in [3.05, 3.63) is 70.7 Å². The fraction of sp³-hybridized carbons (Fsp3) is 0.222. The van der Waals surface area contributed by atoms with E-state index in [-0.39, 0.29) is 29.9 Å². The number of hydrogen-bond donors (Lipinski definition) is 0. The van der Waals surface area contributed by atoms with Crippen LogP contribution in [0, 0.1) is 0 Å². The van der Waals surface area contributed by atoms with Crippen molar-refractivity contribution < 1.29 is 9.59 Å². The second-order valence-electron chi connectivity index (χ2n) is 5.85. The Kier molecular flexibility index (Phi) is 3.98. The lowest BCUT2D eigenvalue weighted by Gasteiger charge is -2.23. The second-order valence-corrected chi connectivity index (χ2v) is 7.40. The smallest absolute Gasteiger partial charge is 0.295 e. The van der Waals surface area contributed by atoms with Gasteiger partial charge in [-0.15, -0.1) is 11.8 Å². The van der Waals surface area contributed by atoms with Crippen molar-refractivity contribution in [3.63, 3.8) is 0 Å². The highest BCUT2D eigenvalue weighted by atomic mass is 35.5. The lowest BCUT2D eigenvalue weighted by molar-refractivity contribution is -0.128. The summed E-state index contributed by atoms with van der Waals surface area (Å²) in [5, 5.41) is 0.543. The molecule has 0 spiro atoms. The minimum Gasteiger partial charge on any atom is -0.295 e. The summed E-state index contributed by atoms with van der Waals surface area (Å²) in [6, 6.07) is 16.5. The number of hydrogen-bond acceptors (Lipinski definition) is 3. The van der Waals surface area contributed by atoms with Crippen molar-refractivity contribution >= 4 is 35.3 Å². The average Bonchev–Trinajstić information content (AvgIpc) is 3.14. The van der Waals surface area contributed by atoms with Gasteiger partial charge in [-0.1, -0.05) is 54.1 Å². The molecule has 0 N–H and O–H groups in total. The van der Waals surface area contributed by atoms with Gasteiger partial charge in [-0.2, -0.15) is 0 Å². The number of benzene rings is 2. The third-order valence-electron chi connectivity index (χ3n) is 4.34. The zero-order valence-electron chi connectivity index (χ0n) is 12.8. The Morgan fingerprint density at radius 2 is 1.75 bits per heavy atom. The number of amides is 3. The molecule has 2 aromatic rings. The first-order chi connectivity index (χ1) is 11.6. The van der Waals surface area contributed by atoms with E-state index in [0.29, 0.717) is 10.8 Å². The van der Waals surface area contributed by atoms with Gasteiger partial charge in [0, 0.05) is 10.8 Å². The summed E-state index contributed by atoms with van der Waals surface area (Å²) >= 11 is 7.54. The molecule has 24 heavy (non-hydrogen) atoms. The molecule has 2 heterocycles. The topological polar surface area (TPSA) is 40.6 Å².